The zero-order valence-electron chi connectivity index (χ0n) is 7.22. The summed E-state index contributed by atoms with van der Waals surface area (Å²) in [5.41, 5.74) is 0.772. The van der Waals surface area contributed by atoms with Gasteiger partial charge in [-0.05, 0) is 38.1 Å². The first-order chi connectivity index (χ1) is 4.64. The molecule has 1 heteroatoms. The van der Waals surface area contributed by atoms with Crippen molar-refractivity contribution in [3.05, 3.63) is 0 Å². The summed E-state index contributed by atoms with van der Waals surface area (Å²) in [4.78, 5) is 2.50. The van der Waals surface area contributed by atoms with E-state index in [4.69, 9.17) is 0 Å². The molecule has 1 spiro atoms. The summed E-state index contributed by atoms with van der Waals surface area (Å²) in [5, 5.41) is 0. The predicted molar refractivity (Wildman–Crippen MR) is 42.9 cm³/mol. The van der Waals surface area contributed by atoms with E-state index in [2.05, 4.69) is 25.8 Å². The Hall–Kier alpha value is -0.0400. The van der Waals surface area contributed by atoms with E-state index in [1.165, 1.54) is 19.4 Å². The molecular formula is C9H17N. The van der Waals surface area contributed by atoms with Crippen molar-refractivity contribution in [3.63, 3.8) is 0 Å². The zero-order valence-corrected chi connectivity index (χ0v) is 7.22. The first-order valence-corrected chi connectivity index (χ1v) is 4.34. The van der Waals surface area contributed by atoms with E-state index < -0.39 is 0 Å². The molecule has 10 heavy (non-hydrogen) atoms. The SMILES string of the molecule is CC1CC2(C[C@H]2C)CN1C. The lowest BCUT2D eigenvalue weighted by Gasteiger charge is -2.12. The van der Waals surface area contributed by atoms with Crippen molar-refractivity contribution in [2.24, 2.45) is 11.3 Å². The topological polar surface area (TPSA) is 3.24 Å². The second kappa shape index (κ2) is 1.76. The van der Waals surface area contributed by atoms with Crippen LogP contribution in [0.1, 0.15) is 26.7 Å². The van der Waals surface area contributed by atoms with Gasteiger partial charge in [0, 0.05) is 12.6 Å². The Labute approximate surface area is 63.4 Å². The van der Waals surface area contributed by atoms with Crippen LogP contribution in [0.15, 0.2) is 0 Å². The number of nitrogens with zero attached hydrogens (tertiary/aromatic N) is 1. The van der Waals surface area contributed by atoms with Crippen LogP contribution in [0.5, 0.6) is 0 Å². The second-order valence-corrected chi connectivity index (χ2v) is 4.44. The Kier molecular flexibility index (Phi) is 1.17. The van der Waals surface area contributed by atoms with Crippen LogP contribution in [-0.4, -0.2) is 24.5 Å². The number of rotatable bonds is 0. The maximum atomic E-state index is 2.50. The maximum absolute atomic E-state index is 2.50. The zero-order chi connectivity index (χ0) is 7.35. The van der Waals surface area contributed by atoms with E-state index in [9.17, 15) is 0 Å². The largest absolute Gasteiger partial charge is 0.303 e. The van der Waals surface area contributed by atoms with E-state index in [0.717, 1.165) is 17.4 Å². The van der Waals surface area contributed by atoms with Gasteiger partial charge in [0.25, 0.3) is 0 Å². The molecule has 2 fully saturated rings. The van der Waals surface area contributed by atoms with E-state index in [-0.39, 0.29) is 0 Å². The number of hydrogen-bond acceptors (Lipinski definition) is 1. The van der Waals surface area contributed by atoms with Gasteiger partial charge in [0.2, 0.25) is 0 Å². The molecule has 0 bridgehead atoms. The van der Waals surface area contributed by atoms with Gasteiger partial charge in [-0.15, -0.1) is 0 Å². The van der Waals surface area contributed by atoms with Crippen LogP contribution < -0.4 is 0 Å². The normalized spacial score (nSPS) is 54.3. The van der Waals surface area contributed by atoms with Gasteiger partial charge < -0.3 is 4.90 Å². The first kappa shape index (κ1) is 6.66. The molecule has 58 valence electrons. The third-order valence-corrected chi connectivity index (χ3v) is 3.62. The standard InChI is InChI=1S/C9H17N/c1-7-4-9(7)5-8(2)10(3)6-9/h7-8H,4-6H2,1-3H3/t7-,8?,9?/m1/s1. The minimum Gasteiger partial charge on any atom is -0.303 e. The Balaban J connectivity index is 2.06. The molecule has 0 amide bonds. The van der Waals surface area contributed by atoms with Gasteiger partial charge in [0.1, 0.15) is 0 Å². The van der Waals surface area contributed by atoms with Crippen LogP contribution in [0, 0.1) is 11.3 Å². The van der Waals surface area contributed by atoms with Crippen molar-refractivity contribution in [1.29, 1.82) is 0 Å². The molecule has 1 saturated heterocycles. The fourth-order valence-electron chi connectivity index (χ4n) is 2.52. The molecule has 2 unspecified atom stereocenters. The van der Waals surface area contributed by atoms with Crippen molar-refractivity contribution in [2.45, 2.75) is 32.7 Å². The lowest BCUT2D eigenvalue weighted by atomic mass is 10.0. The molecule has 2 aliphatic rings. The van der Waals surface area contributed by atoms with Crippen LogP contribution >= 0.6 is 0 Å². The van der Waals surface area contributed by atoms with Crippen molar-refractivity contribution < 1.29 is 0 Å². The van der Waals surface area contributed by atoms with Gasteiger partial charge in [0.15, 0.2) is 0 Å². The lowest BCUT2D eigenvalue weighted by molar-refractivity contribution is 0.321. The van der Waals surface area contributed by atoms with Gasteiger partial charge in [-0.1, -0.05) is 6.92 Å². The smallest absolute Gasteiger partial charge is 0.00699 e. The second-order valence-electron chi connectivity index (χ2n) is 4.44. The molecule has 0 aromatic rings. The Morgan fingerprint density at radius 2 is 1.90 bits per heavy atom. The van der Waals surface area contributed by atoms with Crippen molar-refractivity contribution in [3.8, 4) is 0 Å². The van der Waals surface area contributed by atoms with Crippen LogP contribution in [0.4, 0.5) is 0 Å². The van der Waals surface area contributed by atoms with Gasteiger partial charge >= 0.3 is 0 Å². The molecule has 1 saturated carbocycles. The Morgan fingerprint density at radius 3 is 2.10 bits per heavy atom. The van der Waals surface area contributed by atoms with E-state index >= 15 is 0 Å². The molecule has 0 aromatic heterocycles. The minimum atomic E-state index is 0.772. The molecule has 0 aromatic carbocycles. The minimum absolute atomic E-state index is 0.772. The van der Waals surface area contributed by atoms with E-state index in [0.29, 0.717) is 0 Å². The van der Waals surface area contributed by atoms with E-state index in [1.807, 2.05) is 0 Å². The van der Waals surface area contributed by atoms with Crippen LogP contribution in [-0.2, 0) is 0 Å². The summed E-state index contributed by atoms with van der Waals surface area (Å²) in [7, 11) is 2.25. The molecule has 1 heterocycles. The summed E-state index contributed by atoms with van der Waals surface area (Å²) in [5.74, 6) is 1.01. The number of likely N-dealkylation sites (tertiary alicyclic amines) is 1. The molecule has 0 radical (unpaired) electrons. The van der Waals surface area contributed by atoms with Crippen LogP contribution in [0.2, 0.25) is 0 Å². The number of hydrogen-bond donors (Lipinski definition) is 0. The quantitative estimate of drug-likeness (QED) is 0.494. The summed E-state index contributed by atoms with van der Waals surface area (Å²) < 4.78 is 0. The summed E-state index contributed by atoms with van der Waals surface area (Å²) in [6.07, 6.45) is 2.94. The predicted octanol–water partition coefficient (Wildman–Crippen LogP) is 1.74. The third kappa shape index (κ3) is 0.731. The highest BCUT2D eigenvalue weighted by molar-refractivity contribution is 5.07. The molecule has 3 atom stereocenters. The molecule has 0 N–H and O–H groups in total. The summed E-state index contributed by atoms with van der Waals surface area (Å²) >= 11 is 0. The molecule has 1 aliphatic heterocycles. The Morgan fingerprint density at radius 1 is 1.30 bits per heavy atom. The fraction of sp³-hybridized carbons (Fsp3) is 1.00. The maximum Gasteiger partial charge on any atom is 0.00699 e. The first-order valence-electron chi connectivity index (χ1n) is 4.34. The third-order valence-electron chi connectivity index (χ3n) is 3.62. The van der Waals surface area contributed by atoms with Crippen molar-refractivity contribution in [1.82, 2.24) is 4.90 Å². The highest BCUT2D eigenvalue weighted by Crippen LogP contribution is 2.59. The van der Waals surface area contributed by atoms with Crippen LogP contribution in [0.25, 0.3) is 0 Å². The average molecular weight is 139 g/mol. The Bertz CT molecular complexity index is 143. The molecule has 1 aliphatic carbocycles. The van der Waals surface area contributed by atoms with Gasteiger partial charge in [0.05, 0.1) is 0 Å². The highest BCUT2D eigenvalue weighted by Gasteiger charge is 2.55. The van der Waals surface area contributed by atoms with Crippen LogP contribution in [0.3, 0.4) is 0 Å². The van der Waals surface area contributed by atoms with Crippen molar-refractivity contribution in [2.75, 3.05) is 13.6 Å². The summed E-state index contributed by atoms with van der Waals surface area (Å²) in [6, 6.07) is 0.838. The van der Waals surface area contributed by atoms with Gasteiger partial charge in [-0.2, -0.15) is 0 Å². The van der Waals surface area contributed by atoms with Gasteiger partial charge in [-0.25, -0.2) is 0 Å². The van der Waals surface area contributed by atoms with Crippen molar-refractivity contribution >= 4 is 0 Å². The monoisotopic (exact) mass is 139 g/mol. The van der Waals surface area contributed by atoms with E-state index in [1.54, 1.807) is 0 Å². The highest BCUT2D eigenvalue weighted by atomic mass is 15.2. The molecule has 1 nitrogen and oxygen atoms in total. The van der Waals surface area contributed by atoms with Gasteiger partial charge in [-0.3, -0.25) is 0 Å². The molecular weight excluding hydrogens is 122 g/mol. The fourth-order valence-corrected chi connectivity index (χ4v) is 2.52. The lowest BCUT2D eigenvalue weighted by Crippen LogP contribution is -2.21. The average Bonchev–Trinajstić information content (AvgIpc) is 2.31. The molecule has 2 rings (SSSR count). The summed E-state index contributed by atoms with van der Waals surface area (Å²) in [6.45, 7) is 6.10.